The Hall–Kier alpha value is -0.910. The smallest absolute Gasteiger partial charge is 0.0948 e. The molecule has 0 amide bonds. The molecule has 0 unspecified atom stereocenters. The fourth-order valence-electron chi connectivity index (χ4n) is 1.63. The van der Waals surface area contributed by atoms with E-state index in [2.05, 4.69) is 21.4 Å². The zero-order chi connectivity index (χ0) is 11.8. The Bertz CT molecular complexity index is 289. The number of hydrogen-bond donors (Lipinski definition) is 1. The summed E-state index contributed by atoms with van der Waals surface area (Å²) in [5.41, 5.74) is 1.17. The van der Waals surface area contributed by atoms with Crippen LogP contribution < -0.4 is 0 Å². The molecular formula is C11H21N3O2. The lowest BCUT2D eigenvalue weighted by molar-refractivity contribution is 0.125. The third-order valence-corrected chi connectivity index (χ3v) is 2.55. The van der Waals surface area contributed by atoms with Gasteiger partial charge in [0, 0.05) is 39.5 Å². The number of imidazole rings is 1. The first-order valence-corrected chi connectivity index (χ1v) is 5.63. The molecule has 0 bridgehead atoms. The Balaban J connectivity index is 2.52. The molecule has 0 saturated carbocycles. The SMILES string of the molecule is CCn1cncc1CN(CCO)CCOC. The lowest BCUT2D eigenvalue weighted by Crippen LogP contribution is -2.30. The van der Waals surface area contributed by atoms with Gasteiger partial charge in [0.1, 0.15) is 0 Å². The van der Waals surface area contributed by atoms with Gasteiger partial charge in [-0.05, 0) is 6.92 Å². The second-order valence-corrected chi connectivity index (χ2v) is 3.66. The molecule has 0 aliphatic heterocycles. The van der Waals surface area contributed by atoms with Crippen LogP contribution in [0.2, 0.25) is 0 Å². The minimum absolute atomic E-state index is 0.171. The van der Waals surface area contributed by atoms with Crippen LogP contribution in [-0.4, -0.2) is 53.0 Å². The van der Waals surface area contributed by atoms with Gasteiger partial charge in [-0.15, -0.1) is 0 Å². The molecule has 1 rings (SSSR count). The van der Waals surface area contributed by atoms with E-state index in [1.807, 2.05) is 12.5 Å². The van der Waals surface area contributed by atoms with E-state index in [0.717, 1.165) is 19.6 Å². The van der Waals surface area contributed by atoms with Gasteiger partial charge in [0.15, 0.2) is 0 Å². The first kappa shape index (κ1) is 13.2. The second-order valence-electron chi connectivity index (χ2n) is 3.66. The number of rotatable bonds is 8. The topological polar surface area (TPSA) is 50.5 Å². The number of hydrogen-bond acceptors (Lipinski definition) is 4. The molecule has 92 valence electrons. The number of aliphatic hydroxyl groups is 1. The van der Waals surface area contributed by atoms with Crippen molar-refractivity contribution in [2.45, 2.75) is 20.0 Å². The lowest BCUT2D eigenvalue weighted by Gasteiger charge is -2.21. The summed E-state index contributed by atoms with van der Waals surface area (Å²) >= 11 is 0. The van der Waals surface area contributed by atoms with Gasteiger partial charge in [0.25, 0.3) is 0 Å². The molecule has 0 aliphatic carbocycles. The second kappa shape index (κ2) is 7.38. The van der Waals surface area contributed by atoms with Crippen molar-refractivity contribution in [3.8, 4) is 0 Å². The minimum Gasteiger partial charge on any atom is -0.395 e. The first-order valence-electron chi connectivity index (χ1n) is 5.63. The molecule has 1 N–H and O–H groups in total. The predicted molar refractivity (Wildman–Crippen MR) is 62.1 cm³/mol. The van der Waals surface area contributed by atoms with Gasteiger partial charge >= 0.3 is 0 Å². The molecule has 0 saturated heterocycles. The molecule has 5 heteroatoms. The van der Waals surface area contributed by atoms with Crippen molar-refractivity contribution in [2.75, 3.05) is 33.4 Å². The maximum Gasteiger partial charge on any atom is 0.0948 e. The Morgan fingerprint density at radius 1 is 1.50 bits per heavy atom. The highest BCUT2D eigenvalue weighted by molar-refractivity contribution is 4.98. The Kier molecular flexibility index (Phi) is 6.07. The van der Waals surface area contributed by atoms with Crippen LogP contribution in [0.15, 0.2) is 12.5 Å². The monoisotopic (exact) mass is 227 g/mol. The van der Waals surface area contributed by atoms with E-state index < -0.39 is 0 Å². The van der Waals surface area contributed by atoms with Gasteiger partial charge in [-0.1, -0.05) is 0 Å². The Morgan fingerprint density at radius 3 is 2.94 bits per heavy atom. The molecule has 1 aromatic rings. The molecule has 0 aliphatic rings. The van der Waals surface area contributed by atoms with Crippen LogP contribution in [0.3, 0.4) is 0 Å². The van der Waals surface area contributed by atoms with Crippen LogP contribution in [0.4, 0.5) is 0 Å². The van der Waals surface area contributed by atoms with E-state index in [9.17, 15) is 0 Å². The van der Waals surface area contributed by atoms with Crippen molar-refractivity contribution in [3.63, 3.8) is 0 Å². The molecule has 16 heavy (non-hydrogen) atoms. The van der Waals surface area contributed by atoms with E-state index in [4.69, 9.17) is 9.84 Å². The summed E-state index contributed by atoms with van der Waals surface area (Å²) in [4.78, 5) is 6.29. The van der Waals surface area contributed by atoms with Crippen LogP contribution in [0.5, 0.6) is 0 Å². The van der Waals surface area contributed by atoms with Gasteiger partial charge in [-0.3, -0.25) is 4.90 Å². The summed E-state index contributed by atoms with van der Waals surface area (Å²) < 4.78 is 7.16. The Labute approximate surface area is 96.7 Å². The molecule has 1 aromatic heterocycles. The van der Waals surface area contributed by atoms with E-state index in [0.29, 0.717) is 13.2 Å². The molecule has 5 nitrogen and oxygen atoms in total. The summed E-state index contributed by atoms with van der Waals surface area (Å²) in [5.74, 6) is 0. The number of aromatic nitrogens is 2. The maximum absolute atomic E-state index is 8.99. The zero-order valence-electron chi connectivity index (χ0n) is 10.1. The molecule has 0 spiro atoms. The fraction of sp³-hybridized carbons (Fsp3) is 0.727. The van der Waals surface area contributed by atoms with Gasteiger partial charge in [-0.25, -0.2) is 4.98 Å². The van der Waals surface area contributed by atoms with Gasteiger partial charge < -0.3 is 14.4 Å². The fourth-order valence-corrected chi connectivity index (χ4v) is 1.63. The van der Waals surface area contributed by atoms with E-state index in [-0.39, 0.29) is 6.61 Å². The van der Waals surface area contributed by atoms with Crippen molar-refractivity contribution in [1.82, 2.24) is 14.5 Å². The largest absolute Gasteiger partial charge is 0.395 e. The predicted octanol–water partition coefficient (Wildman–Crippen LogP) is 0.344. The van der Waals surface area contributed by atoms with Crippen LogP contribution in [0.25, 0.3) is 0 Å². The van der Waals surface area contributed by atoms with Crippen LogP contribution in [-0.2, 0) is 17.8 Å². The third kappa shape index (κ3) is 3.92. The average molecular weight is 227 g/mol. The summed E-state index contributed by atoms with van der Waals surface area (Å²) in [6, 6.07) is 0. The highest BCUT2D eigenvalue weighted by Gasteiger charge is 2.08. The molecule has 1 heterocycles. The van der Waals surface area contributed by atoms with Gasteiger partial charge in [0.2, 0.25) is 0 Å². The number of aryl methyl sites for hydroxylation is 1. The number of aliphatic hydroxyl groups excluding tert-OH is 1. The highest BCUT2D eigenvalue weighted by Crippen LogP contribution is 2.04. The highest BCUT2D eigenvalue weighted by atomic mass is 16.5. The van der Waals surface area contributed by atoms with E-state index in [1.54, 1.807) is 7.11 Å². The van der Waals surface area contributed by atoms with Crippen LogP contribution in [0, 0.1) is 0 Å². The Morgan fingerprint density at radius 2 is 2.31 bits per heavy atom. The molecular weight excluding hydrogens is 206 g/mol. The molecule has 0 atom stereocenters. The summed E-state index contributed by atoms with van der Waals surface area (Å²) in [6.45, 7) is 6.16. The third-order valence-electron chi connectivity index (χ3n) is 2.55. The number of nitrogens with zero attached hydrogens (tertiary/aromatic N) is 3. The quantitative estimate of drug-likeness (QED) is 0.696. The van der Waals surface area contributed by atoms with Crippen LogP contribution in [0.1, 0.15) is 12.6 Å². The van der Waals surface area contributed by atoms with Gasteiger partial charge in [0.05, 0.1) is 25.2 Å². The van der Waals surface area contributed by atoms with Crippen molar-refractivity contribution in [1.29, 1.82) is 0 Å². The molecule has 0 fully saturated rings. The average Bonchev–Trinajstić information content (AvgIpc) is 2.73. The normalized spacial score (nSPS) is 11.2. The van der Waals surface area contributed by atoms with Crippen molar-refractivity contribution in [2.24, 2.45) is 0 Å². The van der Waals surface area contributed by atoms with Crippen molar-refractivity contribution in [3.05, 3.63) is 18.2 Å². The molecule has 0 radical (unpaired) electrons. The standard InChI is InChI=1S/C11H21N3O2/c1-3-14-10-12-8-11(14)9-13(4-6-15)5-7-16-2/h8,10,15H,3-7,9H2,1-2H3. The number of methoxy groups -OCH3 is 1. The van der Waals surface area contributed by atoms with E-state index >= 15 is 0 Å². The molecule has 0 aromatic carbocycles. The maximum atomic E-state index is 8.99. The summed E-state index contributed by atoms with van der Waals surface area (Å²) in [7, 11) is 1.69. The minimum atomic E-state index is 0.171. The van der Waals surface area contributed by atoms with Crippen LogP contribution >= 0.6 is 0 Å². The lowest BCUT2D eigenvalue weighted by atomic mass is 10.3. The first-order chi connectivity index (χ1) is 7.81. The van der Waals surface area contributed by atoms with Gasteiger partial charge in [-0.2, -0.15) is 0 Å². The van der Waals surface area contributed by atoms with Crippen molar-refractivity contribution < 1.29 is 9.84 Å². The summed E-state index contributed by atoms with van der Waals surface area (Å²) in [6.07, 6.45) is 3.71. The van der Waals surface area contributed by atoms with Crippen molar-refractivity contribution >= 4 is 0 Å². The van der Waals surface area contributed by atoms with E-state index in [1.165, 1.54) is 5.69 Å². The summed E-state index contributed by atoms with van der Waals surface area (Å²) in [5, 5.41) is 8.99. The zero-order valence-corrected chi connectivity index (χ0v) is 10.1. The number of ether oxygens (including phenoxy) is 1.